The Balaban J connectivity index is 3.53. The second-order valence-electron chi connectivity index (χ2n) is 2.65. The number of halogens is 6. The van der Waals surface area contributed by atoms with E-state index in [9.17, 15) is 17.6 Å². The van der Waals surface area contributed by atoms with Crippen LogP contribution in [0.1, 0.15) is 11.1 Å². The van der Waals surface area contributed by atoms with Crippen LogP contribution in [0.2, 0.25) is 0 Å². The Kier molecular flexibility index (Phi) is 3.66. The van der Waals surface area contributed by atoms with Gasteiger partial charge in [0.2, 0.25) is 0 Å². The summed E-state index contributed by atoms with van der Waals surface area (Å²) in [5, 5.41) is 0. The molecule has 1 aromatic carbocycles. The lowest BCUT2D eigenvalue weighted by Gasteiger charge is -2.13. The first kappa shape index (κ1) is 12.5. The maximum Gasteiger partial charge on any atom is 0.418 e. The van der Waals surface area contributed by atoms with E-state index in [1.165, 1.54) is 52.1 Å². The monoisotopic (exact) mass is 430 g/mol. The molecule has 14 heavy (non-hydrogen) atoms. The topological polar surface area (TPSA) is 0 Å². The zero-order valence-corrected chi connectivity index (χ0v) is 11.2. The van der Waals surface area contributed by atoms with Gasteiger partial charge in [0.25, 0.3) is 0 Å². The summed E-state index contributed by atoms with van der Waals surface area (Å²) >= 11 is 3.01. The summed E-state index contributed by atoms with van der Waals surface area (Å²) < 4.78 is 50.3. The maximum absolute atomic E-state index is 13.0. The fraction of sp³-hybridized carbons (Fsp3) is 0.250. The lowest BCUT2D eigenvalue weighted by atomic mass is 10.1. The number of hydrogen-bond donors (Lipinski definition) is 0. The summed E-state index contributed by atoms with van der Waals surface area (Å²) in [4.78, 5) is 0. The highest BCUT2D eigenvalue weighted by Gasteiger charge is 2.36. The molecule has 1 aromatic rings. The largest absolute Gasteiger partial charge is 0.418 e. The molecule has 6 heteroatoms. The number of hydrogen-bond acceptors (Lipinski definition) is 0. The van der Waals surface area contributed by atoms with Gasteiger partial charge in [0.05, 0.1) is 5.56 Å². The van der Waals surface area contributed by atoms with E-state index in [1.54, 1.807) is 0 Å². The first-order chi connectivity index (χ1) is 6.25. The molecule has 0 aromatic heterocycles. The van der Waals surface area contributed by atoms with Crippen LogP contribution in [0.15, 0.2) is 6.07 Å². The summed E-state index contributed by atoms with van der Waals surface area (Å²) in [7, 11) is 0. The van der Waals surface area contributed by atoms with Gasteiger partial charge in [-0.2, -0.15) is 13.2 Å². The molecule has 0 aliphatic rings. The van der Waals surface area contributed by atoms with Gasteiger partial charge in [-0.3, -0.25) is 0 Å². The Hall–Kier alpha value is 0.400. The summed E-state index contributed by atoms with van der Waals surface area (Å²) in [5.74, 6) is -0.605. The third-order valence-electron chi connectivity index (χ3n) is 1.68. The Morgan fingerprint density at radius 3 is 2.14 bits per heavy atom. The van der Waals surface area contributed by atoms with Crippen molar-refractivity contribution < 1.29 is 17.6 Å². The molecular weight excluding hydrogens is 426 g/mol. The molecule has 0 radical (unpaired) electrons. The van der Waals surface area contributed by atoms with E-state index in [4.69, 9.17) is 0 Å². The molecule has 0 bridgehead atoms. The summed E-state index contributed by atoms with van der Waals surface area (Å²) in [6.45, 7) is 1.34. The van der Waals surface area contributed by atoms with Crippen LogP contribution in [-0.2, 0) is 6.18 Å². The van der Waals surface area contributed by atoms with Crippen molar-refractivity contribution in [1.82, 2.24) is 0 Å². The summed E-state index contributed by atoms with van der Waals surface area (Å²) in [6, 6.07) is 0.904. The van der Waals surface area contributed by atoms with Gasteiger partial charge in [0, 0.05) is 7.14 Å². The molecule has 0 aliphatic heterocycles. The Bertz CT molecular complexity index is 371. The molecule has 0 spiro atoms. The van der Waals surface area contributed by atoms with Crippen LogP contribution in [0.3, 0.4) is 0 Å². The zero-order valence-electron chi connectivity index (χ0n) is 6.85. The zero-order chi connectivity index (χ0) is 11.1. The van der Waals surface area contributed by atoms with Gasteiger partial charge in [0.1, 0.15) is 5.82 Å². The van der Waals surface area contributed by atoms with Crippen LogP contribution in [0.5, 0.6) is 0 Å². The molecule has 0 amide bonds. The van der Waals surface area contributed by atoms with Crippen molar-refractivity contribution in [3.05, 3.63) is 30.2 Å². The second kappa shape index (κ2) is 4.11. The molecule has 1 rings (SSSR count). The minimum Gasteiger partial charge on any atom is -0.207 e. The molecule has 0 nitrogen and oxygen atoms in total. The number of rotatable bonds is 0. The standard InChI is InChI=1S/C8H4F4I2/c1-3-4(9)2-5(13)6(7(3)14)8(10,11)12/h2H,1H3. The van der Waals surface area contributed by atoms with E-state index < -0.39 is 17.6 Å². The predicted octanol–water partition coefficient (Wildman–Crippen LogP) is 4.36. The van der Waals surface area contributed by atoms with Crippen LogP contribution >= 0.6 is 45.2 Å². The second-order valence-corrected chi connectivity index (χ2v) is 4.89. The van der Waals surface area contributed by atoms with Gasteiger partial charge < -0.3 is 0 Å². The van der Waals surface area contributed by atoms with Gasteiger partial charge in [-0.1, -0.05) is 0 Å². The van der Waals surface area contributed by atoms with Gasteiger partial charge in [0.15, 0.2) is 0 Å². The van der Waals surface area contributed by atoms with Gasteiger partial charge in [-0.05, 0) is 63.7 Å². The molecule has 0 saturated heterocycles. The van der Waals surface area contributed by atoms with Crippen molar-refractivity contribution in [1.29, 1.82) is 0 Å². The number of benzene rings is 1. The molecule has 0 saturated carbocycles. The minimum absolute atomic E-state index is 0.0401. The van der Waals surface area contributed by atoms with Crippen molar-refractivity contribution >= 4 is 45.2 Å². The maximum atomic E-state index is 13.0. The highest BCUT2D eigenvalue weighted by Crippen LogP contribution is 2.38. The average molecular weight is 430 g/mol. The van der Waals surface area contributed by atoms with Crippen LogP contribution in [0.25, 0.3) is 0 Å². The van der Waals surface area contributed by atoms with E-state index in [0.717, 1.165) is 6.07 Å². The summed E-state index contributed by atoms with van der Waals surface area (Å²) in [6.07, 6.45) is -4.43. The Labute approximate surface area is 105 Å². The molecule has 0 aliphatic carbocycles. The molecule has 0 unspecified atom stereocenters. The normalized spacial score (nSPS) is 11.9. The van der Waals surface area contributed by atoms with Crippen molar-refractivity contribution in [2.24, 2.45) is 0 Å². The quantitative estimate of drug-likeness (QED) is 0.424. The fourth-order valence-corrected chi connectivity index (χ4v) is 3.17. The van der Waals surface area contributed by atoms with Crippen LogP contribution < -0.4 is 0 Å². The molecule has 0 fully saturated rings. The predicted molar refractivity (Wildman–Crippen MR) is 61.6 cm³/mol. The van der Waals surface area contributed by atoms with Crippen LogP contribution in [-0.4, -0.2) is 0 Å². The van der Waals surface area contributed by atoms with Crippen molar-refractivity contribution in [3.63, 3.8) is 0 Å². The lowest BCUT2D eigenvalue weighted by Crippen LogP contribution is -2.12. The van der Waals surface area contributed by atoms with Crippen LogP contribution in [0, 0.1) is 19.9 Å². The van der Waals surface area contributed by atoms with Crippen molar-refractivity contribution in [2.45, 2.75) is 13.1 Å². The molecule has 78 valence electrons. The van der Waals surface area contributed by atoms with Gasteiger partial charge in [-0.15, -0.1) is 0 Å². The molecule has 0 N–H and O–H groups in total. The SMILES string of the molecule is Cc1c(F)cc(I)c(C(F)(F)F)c1I. The highest BCUT2D eigenvalue weighted by atomic mass is 127. The third kappa shape index (κ3) is 2.31. The van der Waals surface area contributed by atoms with E-state index in [-0.39, 0.29) is 12.7 Å². The average Bonchev–Trinajstić information content (AvgIpc) is 1.97. The molecule has 0 atom stereocenters. The van der Waals surface area contributed by atoms with Crippen molar-refractivity contribution in [3.8, 4) is 0 Å². The lowest BCUT2D eigenvalue weighted by molar-refractivity contribution is -0.139. The van der Waals surface area contributed by atoms with E-state index in [1.807, 2.05) is 0 Å². The van der Waals surface area contributed by atoms with Crippen LogP contribution in [0.4, 0.5) is 17.6 Å². The smallest absolute Gasteiger partial charge is 0.207 e. The summed E-state index contributed by atoms with van der Waals surface area (Å²) in [5.41, 5.74) is -0.712. The molecule has 0 heterocycles. The third-order valence-corrected chi connectivity index (χ3v) is 3.88. The number of alkyl halides is 3. The Morgan fingerprint density at radius 1 is 1.21 bits per heavy atom. The first-order valence-corrected chi connectivity index (χ1v) is 5.62. The minimum atomic E-state index is -4.43. The molecular formula is C8H4F4I2. The fourth-order valence-electron chi connectivity index (χ4n) is 0.949. The van der Waals surface area contributed by atoms with E-state index >= 15 is 0 Å². The highest BCUT2D eigenvalue weighted by molar-refractivity contribution is 14.1. The van der Waals surface area contributed by atoms with E-state index in [0.29, 0.717) is 0 Å². The van der Waals surface area contributed by atoms with Gasteiger partial charge >= 0.3 is 6.18 Å². The van der Waals surface area contributed by atoms with E-state index in [2.05, 4.69) is 0 Å². The Morgan fingerprint density at radius 2 is 1.71 bits per heavy atom. The van der Waals surface area contributed by atoms with Gasteiger partial charge in [-0.25, -0.2) is 4.39 Å². The first-order valence-electron chi connectivity index (χ1n) is 3.46. The van der Waals surface area contributed by atoms with Crippen molar-refractivity contribution in [2.75, 3.05) is 0 Å².